The van der Waals surface area contributed by atoms with Crippen LogP contribution in [0.25, 0.3) is 0 Å². The number of likely N-dealkylation sites (N-methyl/N-ethyl adjacent to an activating group) is 1. The number of rotatable bonds is 7. The summed E-state index contributed by atoms with van der Waals surface area (Å²) in [7, 11) is 0. The summed E-state index contributed by atoms with van der Waals surface area (Å²) < 4.78 is 0.734. The van der Waals surface area contributed by atoms with E-state index in [1.165, 1.54) is 0 Å². The molecule has 0 aromatic carbocycles. The Balaban J connectivity index is 2.73. The van der Waals surface area contributed by atoms with Gasteiger partial charge in [0.2, 0.25) is 0 Å². The molecule has 1 heterocycles. The van der Waals surface area contributed by atoms with Gasteiger partial charge in [0.25, 0.3) is 5.91 Å². The summed E-state index contributed by atoms with van der Waals surface area (Å²) in [5.41, 5.74) is 2.86. The molecule has 112 valence electrons. The standard InChI is InChI=1S/C13H22BrN5O/c1-4-19(5-2)8-9(3)17-13(20)11-6-10(14)7-16-12(11)18-15/h6-7,9H,4-5,8,15H2,1-3H3,(H,16,18)(H,17,20). The molecule has 0 radical (unpaired) electrons. The van der Waals surface area contributed by atoms with Crippen LogP contribution in [0.4, 0.5) is 5.82 Å². The fourth-order valence-corrected chi connectivity index (χ4v) is 2.27. The summed E-state index contributed by atoms with van der Waals surface area (Å²) in [5.74, 6) is 5.55. The fraction of sp³-hybridized carbons (Fsp3) is 0.538. The predicted molar refractivity (Wildman–Crippen MR) is 84.5 cm³/mol. The Labute approximate surface area is 128 Å². The molecule has 4 N–H and O–H groups in total. The minimum atomic E-state index is -0.189. The number of carbonyl (C=O) groups is 1. The molecule has 0 spiro atoms. The number of halogens is 1. The lowest BCUT2D eigenvalue weighted by atomic mass is 10.2. The van der Waals surface area contributed by atoms with E-state index in [0.29, 0.717) is 11.4 Å². The molecular weight excluding hydrogens is 322 g/mol. The zero-order chi connectivity index (χ0) is 15.1. The number of nitrogen functional groups attached to an aromatic ring is 1. The van der Waals surface area contributed by atoms with Gasteiger partial charge in [0.05, 0.1) is 5.56 Å². The molecule has 0 saturated carbocycles. The molecular formula is C13H22BrN5O. The van der Waals surface area contributed by atoms with Gasteiger partial charge in [-0.2, -0.15) is 0 Å². The van der Waals surface area contributed by atoms with E-state index in [9.17, 15) is 4.79 Å². The third-order valence-corrected chi connectivity index (χ3v) is 3.47. The molecule has 0 bridgehead atoms. The number of pyridine rings is 1. The predicted octanol–water partition coefficient (Wildman–Crippen LogP) is 1.59. The smallest absolute Gasteiger partial charge is 0.255 e. The zero-order valence-corrected chi connectivity index (χ0v) is 13.7. The summed E-state index contributed by atoms with van der Waals surface area (Å²) in [6.07, 6.45) is 1.59. The summed E-state index contributed by atoms with van der Waals surface area (Å²) in [6.45, 7) is 8.93. The van der Waals surface area contributed by atoms with Crippen molar-refractivity contribution in [3.05, 3.63) is 22.3 Å². The summed E-state index contributed by atoms with van der Waals surface area (Å²) >= 11 is 3.30. The van der Waals surface area contributed by atoms with E-state index in [-0.39, 0.29) is 11.9 Å². The second-order valence-corrected chi connectivity index (χ2v) is 5.47. The van der Waals surface area contributed by atoms with E-state index >= 15 is 0 Å². The number of nitrogens with one attached hydrogen (secondary N) is 2. The number of aromatic nitrogens is 1. The highest BCUT2D eigenvalue weighted by atomic mass is 79.9. The Morgan fingerprint density at radius 1 is 1.50 bits per heavy atom. The average molecular weight is 344 g/mol. The lowest BCUT2D eigenvalue weighted by Gasteiger charge is -2.23. The monoisotopic (exact) mass is 343 g/mol. The molecule has 0 saturated heterocycles. The van der Waals surface area contributed by atoms with E-state index in [1.807, 2.05) is 6.92 Å². The maximum atomic E-state index is 12.3. The van der Waals surface area contributed by atoms with Crippen LogP contribution in [0.5, 0.6) is 0 Å². The SMILES string of the molecule is CCN(CC)CC(C)NC(=O)c1cc(Br)cnc1NN. The van der Waals surface area contributed by atoms with Crippen molar-refractivity contribution < 1.29 is 4.79 Å². The lowest BCUT2D eigenvalue weighted by molar-refractivity contribution is 0.0930. The Morgan fingerprint density at radius 3 is 2.70 bits per heavy atom. The molecule has 0 aliphatic carbocycles. The minimum Gasteiger partial charge on any atom is -0.348 e. The van der Waals surface area contributed by atoms with Crippen LogP contribution in [0.2, 0.25) is 0 Å². The van der Waals surface area contributed by atoms with Gasteiger partial charge in [-0.1, -0.05) is 13.8 Å². The van der Waals surface area contributed by atoms with Gasteiger partial charge in [0.15, 0.2) is 5.82 Å². The fourth-order valence-electron chi connectivity index (χ4n) is 1.94. The molecule has 1 rings (SSSR count). The molecule has 0 aliphatic heterocycles. The highest BCUT2D eigenvalue weighted by Gasteiger charge is 2.16. The van der Waals surface area contributed by atoms with Gasteiger partial charge in [-0.15, -0.1) is 0 Å². The number of anilines is 1. The molecule has 6 nitrogen and oxygen atoms in total. The third-order valence-electron chi connectivity index (χ3n) is 3.04. The molecule has 7 heteroatoms. The van der Waals surface area contributed by atoms with E-state index in [0.717, 1.165) is 24.1 Å². The van der Waals surface area contributed by atoms with Crippen molar-refractivity contribution in [2.45, 2.75) is 26.8 Å². The second-order valence-electron chi connectivity index (χ2n) is 4.55. The minimum absolute atomic E-state index is 0.0482. The van der Waals surface area contributed by atoms with Crippen molar-refractivity contribution >= 4 is 27.7 Å². The second kappa shape index (κ2) is 8.18. The number of hydrogen-bond acceptors (Lipinski definition) is 5. The molecule has 1 aromatic heterocycles. The van der Waals surface area contributed by atoms with Gasteiger partial charge >= 0.3 is 0 Å². The van der Waals surface area contributed by atoms with E-state index < -0.39 is 0 Å². The number of hydrazine groups is 1. The summed E-state index contributed by atoms with van der Waals surface area (Å²) in [6, 6.07) is 1.74. The Kier molecular flexibility index (Phi) is 6.90. The van der Waals surface area contributed by atoms with Crippen LogP contribution in [0, 0.1) is 0 Å². The van der Waals surface area contributed by atoms with Crippen molar-refractivity contribution in [3.63, 3.8) is 0 Å². The molecule has 1 atom stereocenters. The van der Waals surface area contributed by atoms with Crippen molar-refractivity contribution in [1.29, 1.82) is 0 Å². The van der Waals surface area contributed by atoms with E-state index in [4.69, 9.17) is 5.84 Å². The largest absolute Gasteiger partial charge is 0.348 e. The Morgan fingerprint density at radius 2 is 2.15 bits per heavy atom. The van der Waals surface area contributed by atoms with Gasteiger partial charge in [-0.25, -0.2) is 10.8 Å². The first-order valence-corrected chi connectivity index (χ1v) is 7.46. The summed E-state index contributed by atoms with van der Waals surface area (Å²) in [4.78, 5) is 18.6. The van der Waals surface area contributed by atoms with Gasteiger partial charge in [0, 0.05) is 23.3 Å². The van der Waals surface area contributed by atoms with E-state index in [2.05, 4.69) is 50.4 Å². The molecule has 1 aromatic rings. The number of nitrogens with zero attached hydrogens (tertiary/aromatic N) is 2. The van der Waals surface area contributed by atoms with Crippen molar-refractivity contribution in [2.75, 3.05) is 25.1 Å². The first-order valence-electron chi connectivity index (χ1n) is 6.67. The van der Waals surface area contributed by atoms with E-state index in [1.54, 1.807) is 12.3 Å². The van der Waals surface area contributed by atoms with Crippen LogP contribution in [-0.4, -0.2) is 41.5 Å². The average Bonchev–Trinajstić information content (AvgIpc) is 2.44. The topological polar surface area (TPSA) is 83.3 Å². The van der Waals surface area contributed by atoms with Crippen molar-refractivity contribution in [1.82, 2.24) is 15.2 Å². The number of nitrogens with two attached hydrogens (primary N) is 1. The number of carbonyl (C=O) groups excluding carboxylic acids is 1. The quantitative estimate of drug-likeness (QED) is 0.517. The van der Waals surface area contributed by atoms with Gasteiger partial charge in [-0.05, 0) is 42.0 Å². The highest BCUT2D eigenvalue weighted by molar-refractivity contribution is 9.10. The highest BCUT2D eigenvalue weighted by Crippen LogP contribution is 2.17. The first-order chi connectivity index (χ1) is 9.51. The lowest BCUT2D eigenvalue weighted by Crippen LogP contribution is -2.42. The number of amides is 1. The third kappa shape index (κ3) is 4.73. The van der Waals surface area contributed by atoms with Crippen molar-refractivity contribution in [2.24, 2.45) is 5.84 Å². The molecule has 1 amide bonds. The maximum absolute atomic E-state index is 12.3. The molecule has 20 heavy (non-hydrogen) atoms. The van der Waals surface area contributed by atoms with Gasteiger partial charge < -0.3 is 15.6 Å². The number of hydrogen-bond donors (Lipinski definition) is 3. The van der Waals surface area contributed by atoms with Gasteiger partial charge in [0.1, 0.15) is 0 Å². The van der Waals surface area contributed by atoms with Crippen LogP contribution in [0.15, 0.2) is 16.7 Å². The zero-order valence-electron chi connectivity index (χ0n) is 12.1. The summed E-state index contributed by atoms with van der Waals surface area (Å²) in [5, 5.41) is 2.96. The van der Waals surface area contributed by atoms with Crippen LogP contribution in [0.1, 0.15) is 31.1 Å². The van der Waals surface area contributed by atoms with Crippen LogP contribution < -0.4 is 16.6 Å². The Hall–Kier alpha value is -1.18. The van der Waals surface area contributed by atoms with Crippen LogP contribution in [0.3, 0.4) is 0 Å². The maximum Gasteiger partial charge on any atom is 0.255 e. The van der Waals surface area contributed by atoms with Crippen LogP contribution >= 0.6 is 15.9 Å². The van der Waals surface area contributed by atoms with Crippen molar-refractivity contribution in [3.8, 4) is 0 Å². The molecule has 1 unspecified atom stereocenters. The molecule has 0 aliphatic rings. The molecule has 0 fully saturated rings. The normalized spacial score (nSPS) is 12.3. The first kappa shape index (κ1) is 16.9. The Bertz CT molecular complexity index is 450. The van der Waals surface area contributed by atoms with Crippen LogP contribution in [-0.2, 0) is 0 Å². The van der Waals surface area contributed by atoms with Gasteiger partial charge in [-0.3, -0.25) is 4.79 Å².